The summed E-state index contributed by atoms with van der Waals surface area (Å²) in [6.07, 6.45) is 0.683. The highest BCUT2D eigenvalue weighted by atomic mass is 16.5. The van der Waals surface area contributed by atoms with Gasteiger partial charge in [0.05, 0.1) is 13.2 Å². The number of ether oxygens (including phenoxy) is 1. The van der Waals surface area contributed by atoms with Crippen molar-refractivity contribution < 1.29 is 4.74 Å². The third-order valence-electron chi connectivity index (χ3n) is 2.42. The normalized spacial score (nSPS) is 10.5. The van der Waals surface area contributed by atoms with E-state index in [9.17, 15) is 0 Å². The maximum atomic E-state index is 5.57. The second-order valence-electron chi connectivity index (χ2n) is 3.68. The van der Waals surface area contributed by atoms with Crippen molar-refractivity contribution in [3.05, 3.63) is 42.0 Å². The smallest absolute Gasteiger partial charge is 0.154 e. The summed E-state index contributed by atoms with van der Waals surface area (Å²) < 4.78 is 7.28. The lowest BCUT2D eigenvalue weighted by molar-refractivity contribution is 0.318. The second kappa shape index (κ2) is 5.45. The Hall–Kier alpha value is -1.88. The molecular weight excluding hydrogens is 216 g/mol. The van der Waals surface area contributed by atoms with Gasteiger partial charge < -0.3 is 10.5 Å². The van der Waals surface area contributed by atoms with Crippen molar-refractivity contribution in [1.29, 1.82) is 0 Å². The zero-order valence-electron chi connectivity index (χ0n) is 9.84. The highest BCUT2D eigenvalue weighted by Crippen LogP contribution is 2.08. The lowest BCUT2D eigenvalue weighted by atomic mass is 10.3. The van der Waals surface area contributed by atoms with Crippen LogP contribution in [-0.2, 0) is 20.0 Å². The zero-order chi connectivity index (χ0) is 12.1. The predicted molar refractivity (Wildman–Crippen MR) is 64.5 cm³/mol. The molecule has 1 heterocycles. The number of rotatable bonds is 5. The maximum absolute atomic E-state index is 5.57. The fourth-order valence-electron chi connectivity index (χ4n) is 1.54. The van der Waals surface area contributed by atoms with E-state index in [1.165, 1.54) is 0 Å². The first-order valence-corrected chi connectivity index (χ1v) is 5.56. The van der Waals surface area contributed by atoms with Crippen molar-refractivity contribution in [2.45, 2.75) is 13.0 Å². The van der Waals surface area contributed by atoms with Gasteiger partial charge in [-0.05, 0) is 12.1 Å². The molecule has 0 bridgehead atoms. The van der Waals surface area contributed by atoms with Crippen LogP contribution in [0.25, 0.3) is 0 Å². The molecule has 0 radical (unpaired) electrons. The molecule has 2 N–H and O–H groups in total. The Bertz CT molecular complexity index is 467. The van der Waals surface area contributed by atoms with E-state index in [1.54, 1.807) is 4.68 Å². The van der Waals surface area contributed by atoms with E-state index < -0.39 is 0 Å². The van der Waals surface area contributed by atoms with Crippen LogP contribution in [0.2, 0.25) is 0 Å². The highest BCUT2D eigenvalue weighted by Gasteiger charge is 2.05. The molecule has 0 aliphatic heterocycles. The van der Waals surface area contributed by atoms with E-state index in [4.69, 9.17) is 10.5 Å². The molecule has 5 nitrogen and oxygen atoms in total. The lowest BCUT2D eigenvalue weighted by Crippen LogP contribution is -2.05. The van der Waals surface area contributed by atoms with Crippen molar-refractivity contribution in [3.8, 4) is 5.75 Å². The summed E-state index contributed by atoms with van der Waals surface area (Å²) in [6.45, 7) is 0.973. The Balaban J connectivity index is 1.86. The van der Waals surface area contributed by atoms with Crippen LogP contribution >= 0.6 is 0 Å². The van der Waals surface area contributed by atoms with Crippen molar-refractivity contribution in [2.75, 3.05) is 6.61 Å². The number of benzene rings is 1. The molecule has 0 aliphatic carbocycles. The Morgan fingerprint density at radius 2 is 2.06 bits per heavy atom. The fourth-order valence-corrected chi connectivity index (χ4v) is 1.54. The van der Waals surface area contributed by atoms with Crippen LogP contribution in [0.15, 0.2) is 30.3 Å². The maximum Gasteiger partial charge on any atom is 0.154 e. The summed E-state index contributed by atoms with van der Waals surface area (Å²) in [5, 5.41) is 4.26. The zero-order valence-corrected chi connectivity index (χ0v) is 9.84. The van der Waals surface area contributed by atoms with E-state index in [0.717, 1.165) is 17.4 Å². The highest BCUT2D eigenvalue weighted by molar-refractivity contribution is 5.20. The number of aromatic nitrogens is 3. The average Bonchev–Trinajstić information content (AvgIpc) is 2.71. The molecule has 0 spiro atoms. The summed E-state index contributed by atoms with van der Waals surface area (Å²) in [5.74, 6) is 2.42. The van der Waals surface area contributed by atoms with Gasteiger partial charge in [0, 0.05) is 13.5 Å². The quantitative estimate of drug-likeness (QED) is 0.831. The number of hydrogen-bond donors (Lipinski definition) is 1. The van der Waals surface area contributed by atoms with Gasteiger partial charge in [-0.3, -0.25) is 4.68 Å². The molecule has 2 rings (SSSR count). The topological polar surface area (TPSA) is 66.0 Å². The molecule has 0 fully saturated rings. The standard InChI is InChI=1S/C12H16N4O/c1-16-12(9-13)14-11(15-16)7-8-17-10-5-3-2-4-6-10/h2-6H,7-9,13H2,1H3. The van der Waals surface area contributed by atoms with Gasteiger partial charge in [-0.2, -0.15) is 5.10 Å². The minimum Gasteiger partial charge on any atom is -0.493 e. The molecule has 1 aromatic carbocycles. The molecular formula is C12H16N4O. The summed E-state index contributed by atoms with van der Waals surface area (Å²) in [4.78, 5) is 4.31. The molecule has 0 saturated heterocycles. The molecule has 0 unspecified atom stereocenters. The number of para-hydroxylation sites is 1. The average molecular weight is 232 g/mol. The molecule has 0 atom stereocenters. The van der Waals surface area contributed by atoms with E-state index in [2.05, 4.69) is 10.1 Å². The minimum atomic E-state index is 0.406. The summed E-state index contributed by atoms with van der Waals surface area (Å²) in [5.41, 5.74) is 5.53. The van der Waals surface area contributed by atoms with E-state index in [1.807, 2.05) is 37.4 Å². The first-order valence-electron chi connectivity index (χ1n) is 5.56. The molecule has 90 valence electrons. The summed E-state index contributed by atoms with van der Waals surface area (Å²) in [6, 6.07) is 9.71. The molecule has 1 aromatic heterocycles. The van der Waals surface area contributed by atoms with Gasteiger partial charge in [-0.25, -0.2) is 4.98 Å². The molecule has 0 saturated carbocycles. The summed E-state index contributed by atoms with van der Waals surface area (Å²) in [7, 11) is 1.84. The molecule has 0 amide bonds. The predicted octanol–water partition coefficient (Wildman–Crippen LogP) is 0.895. The Kier molecular flexibility index (Phi) is 3.72. The fraction of sp³-hybridized carbons (Fsp3) is 0.333. The van der Waals surface area contributed by atoms with Gasteiger partial charge in [-0.1, -0.05) is 18.2 Å². The third-order valence-corrected chi connectivity index (χ3v) is 2.42. The number of hydrogen-bond acceptors (Lipinski definition) is 4. The van der Waals surface area contributed by atoms with Crippen LogP contribution in [-0.4, -0.2) is 21.4 Å². The number of nitrogens with zero attached hydrogens (tertiary/aromatic N) is 3. The SMILES string of the molecule is Cn1nc(CCOc2ccccc2)nc1CN. The number of nitrogens with two attached hydrogens (primary N) is 1. The van der Waals surface area contributed by atoms with Gasteiger partial charge in [0.1, 0.15) is 11.6 Å². The molecule has 0 aliphatic rings. The Labute approximate surface area is 100 Å². The number of aryl methyl sites for hydroxylation is 1. The van der Waals surface area contributed by atoms with Gasteiger partial charge in [-0.15, -0.1) is 0 Å². The van der Waals surface area contributed by atoms with Crippen LogP contribution in [0.4, 0.5) is 0 Å². The van der Waals surface area contributed by atoms with Crippen molar-refractivity contribution in [2.24, 2.45) is 12.8 Å². The second-order valence-corrected chi connectivity index (χ2v) is 3.68. The van der Waals surface area contributed by atoms with Crippen molar-refractivity contribution >= 4 is 0 Å². The van der Waals surface area contributed by atoms with Crippen LogP contribution in [0, 0.1) is 0 Å². The lowest BCUT2D eigenvalue weighted by Gasteiger charge is -2.03. The van der Waals surface area contributed by atoms with E-state index >= 15 is 0 Å². The first-order chi connectivity index (χ1) is 8.29. The molecule has 17 heavy (non-hydrogen) atoms. The Morgan fingerprint density at radius 3 is 2.71 bits per heavy atom. The van der Waals surface area contributed by atoms with Crippen LogP contribution in [0.5, 0.6) is 5.75 Å². The van der Waals surface area contributed by atoms with Crippen LogP contribution in [0.1, 0.15) is 11.6 Å². The molecule has 5 heteroatoms. The van der Waals surface area contributed by atoms with Crippen molar-refractivity contribution in [3.63, 3.8) is 0 Å². The van der Waals surface area contributed by atoms with Gasteiger partial charge in [0.2, 0.25) is 0 Å². The molecule has 2 aromatic rings. The van der Waals surface area contributed by atoms with Crippen LogP contribution < -0.4 is 10.5 Å². The van der Waals surface area contributed by atoms with E-state index in [0.29, 0.717) is 19.6 Å². The first kappa shape index (κ1) is 11.6. The Morgan fingerprint density at radius 1 is 1.29 bits per heavy atom. The third kappa shape index (κ3) is 3.04. The van der Waals surface area contributed by atoms with Crippen LogP contribution in [0.3, 0.4) is 0 Å². The minimum absolute atomic E-state index is 0.406. The van der Waals surface area contributed by atoms with Gasteiger partial charge >= 0.3 is 0 Å². The van der Waals surface area contributed by atoms with Gasteiger partial charge in [0.25, 0.3) is 0 Å². The van der Waals surface area contributed by atoms with Crippen molar-refractivity contribution in [1.82, 2.24) is 14.8 Å². The van der Waals surface area contributed by atoms with Gasteiger partial charge in [0.15, 0.2) is 5.82 Å². The monoisotopic (exact) mass is 232 g/mol. The van der Waals surface area contributed by atoms with E-state index in [-0.39, 0.29) is 0 Å². The largest absolute Gasteiger partial charge is 0.493 e. The summed E-state index contributed by atoms with van der Waals surface area (Å²) >= 11 is 0.